The summed E-state index contributed by atoms with van der Waals surface area (Å²) in [6, 6.07) is 0. The fourth-order valence-corrected chi connectivity index (χ4v) is 3.74. The minimum absolute atomic E-state index is 0.0631. The van der Waals surface area contributed by atoms with Crippen molar-refractivity contribution in [1.29, 1.82) is 0 Å². The Morgan fingerprint density at radius 2 is 2.14 bits per heavy atom. The molecule has 118 valence electrons. The van der Waals surface area contributed by atoms with E-state index in [0.29, 0.717) is 19.6 Å². The molecular formula is C15H26N4O2. The first kappa shape index (κ1) is 16.0. The zero-order valence-electron chi connectivity index (χ0n) is 13.6. The molecule has 2 aliphatic rings. The number of azide groups is 1. The summed E-state index contributed by atoms with van der Waals surface area (Å²) in [5, 5.41) is 3.75. The highest BCUT2D eigenvalue weighted by atomic mass is 16.6. The average molecular weight is 294 g/mol. The molecule has 0 aromatic heterocycles. The number of rotatable bonds is 3. The second-order valence-corrected chi connectivity index (χ2v) is 8.20. The molecule has 1 saturated heterocycles. The van der Waals surface area contributed by atoms with Gasteiger partial charge < -0.3 is 9.64 Å². The third kappa shape index (κ3) is 3.82. The van der Waals surface area contributed by atoms with Gasteiger partial charge >= 0.3 is 6.09 Å². The first-order valence-electron chi connectivity index (χ1n) is 7.66. The Kier molecular flexibility index (Phi) is 4.11. The fraction of sp³-hybridized carbons (Fsp3) is 0.933. The van der Waals surface area contributed by atoms with Crippen LogP contribution in [0.4, 0.5) is 4.79 Å². The van der Waals surface area contributed by atoms with E-state index in [4.69, 9.17) is 10.3 Å². The smallest absolute Gasteiger partial charge is 0.410 e. The maximum atomic E-state index is 12.2. The van der Waals surface area contributed by atoms with Crippen molar-refractivity contribution in [2.75, 3.05) is 19.6 Å². The van der Waals surface area contributed by atoms with Crippen LogP contribution in [0.1, 0.15) is 53.4 Å². The number of carbonyl (C=O) groups excluding carboxylic acids is 1. The Labute approximate surface area is 126 Å². The normalized spacial score (nSPS) is 33.0. The number of hydrogen-bond acceptors (Lipinski definition) is 3. The highest BCUT2D eigenvalue weighted by Gasteiger charge is 2.51. The topological polar surface area (TPSA) is 78.3 Å². The van der Waals surface area contributed by atoms with E-state index in [0.717, 1.165) is 25.7 Å². The van der Waals surface area contributed by atoms with Gasteiger partial charge in [-0.2, -0.15) is 0 Å². The Balaban J connectivity index is 2.09. The summed E-state index contributed by atoms with van der Waals surface area (Å²) in [5.74, 6) is 0. The fourth-order valence-electron chi connectivity index (χ4n) is 3.74. The molecule has 6 nitrogen and oxygen atoms in total. The minimum Gasteiger partial charge on any atom is -0.441 e. The predicted octanol–water partition coefficient (Wildman–Crippen LogP) is 4.11. The lowest BCUT2D eigenvalue weighted by atomic mass is 9.68. The maximum Gasteiger partial charge on any atom is 0.410 e. The SMILES string of the molecule is CC(C)(C)CN1C[C@@]2(CCC[C@](C)(CN=[N+]=[N-])C2)OC1=O. The number of carbonyl (C=O) groups is 1. The Morgan fingerprint density at radius 1 is 1.43 bits per heavy atom. The summed E-state index contributed by atoms with van der Waals surface area (Å²) in [7, 11) is 0. The summed E-state index contributed by atoms with van der Waals surface area (Å²) in [4.78, 5) is 16.9. The standard InChI is InChI=1S/C15H26N4O2/c1-13(2,3)10-19-11-15(21-12(19)20)7-5-6-14(4,8-15)9-17-18-16/h5-11H2,1-4H3/t14-,15-/m0/s1. The average Bonchev–Trinajstić information content (AvgIpc) is 2.60. The highest BCUT2D eigenvalue weighted by Crippen LogP contribution is 2.46. The van der Waals surface area contributed by atoms with Crippen LogP contribution >= 0.6 is 0 Å². The van der Waals surface area contributed by atoms with Crippen LogP contribution in [0.25, 0.3) is 10.4 Å². The molecule has 1 heterocycles. The summed E-state index contributed by atoms with van der Waals surface area (Å²) < 4.78 is 5.78. The first-order valence-corrected chi connectivity index (χ1v) is 7.66. The molecule has 2 fully saturated rings. The van der Waals surface area contributed by atoms with Crippen molar-refractivity contribution in [2.24, 2.45) is 15.9 Å². The van der Waals surface area contributed by atoms with Crippen LogP contribution in [-0.2, 0) is 4.74 Å². The molecule has 1 aliphatic carbocycles. The van der Waals surface area contributed by atoms with Gasteiger partial charge in [0, 0.05) is 18.0 Å². The molecule has 1 aliphatic heterocycles. The minimum atomic E-state index is -0.389. The highest BCUT2D eigenvalue weighted by molar-refractivity contribution is 5.70. The molecule has 0 aromatic rings. The second kappa shape index (κ2) is 5.41. The van der Waals surface area contributed by atoms with Crippen molar-refractivity contribution < 1.29 is 9.53 Å². The molecule has 0 bridgehead atoms. The molecule has 21 heavy (non-hydrogen) atoms. The van der Waals surface area contributed by atoms with E-state index in [1.807, 2.05) is 4.90 Å². The quantitative estimate of drug-likeness (QED) is 0.446. The van der Waals surface area contributed by atoms with Crippen molar-refractivity contribution in [2.45, 2.75) is 59.0 Å². The van der Waals surface area contributed by atoms with Gasteiger partial charge in [0.05, 0.1) is 6.54 Å². The molecule has 0 aromatic carbocycles. The number of amides is 1. The van der Waals surface area contributed by atoms with E-state index in [9.17, 15) is 4.79 Å². The Morgan fingerprint density at radius 3 is 2.76 bits per heavy atom. The lowest BCUT2D eigenvalue weighted by Crippen LogP contribution is -2.45. The third-order valence-electron chi connectivity index (χ3n) is 4.38. The van der Waals surface area contributed by atoms with Crippen LogP contribution in [0, 0.1) is 10.8 Å². The van der Waals surface area contributed by atoms with Gasteiger partial charge in [-0.3, -0.25) is 0 Å². The zero-order chi connectivity index (χ0) is 15.7. The van der Waals surface area contributed by atoms with Gasteiger partial charge in [-0.05, 0) is 42.0 Å². The molecule has 2 atom stereocenters. The molecule has 0 unspecified atom stereocenters. The number of nitrogens with zero attached hydrogens (tertiary/aromatic N) is 4. The summed E-state index contributed by atoms with van der Waals surface area (Å²) >= 11 is 0. The molecular weight excluding hydrogens is 268 g/mol. The van der Waals surface area contributed by atoms with Crippen molar-refractivity contribution in [1.82, 2.24) is 4.90 Å². The van der Waals surface area contributed by atoms with Crippen LogP contribution in [0.2, 0.25) is 0 Å². The monoisotopic (exact) mass is 294 g/mol. The molecule has 0 N–H and O–H groups in total. The Bertz CT molecular complexity index is 467. The maximum absolute atomic E-state index is 12.2. The first-order chi connectivity index (χ1) is 9.67. The van der Waals surface area contributed by atoms with Crippen LogP contribution in [0.15, 0.2) is 5.11 Å². The summed E-state index contributed by atoms with van der Waals surface area (Å²) in [5.41, 5.74) is 8.15. The van der Waals surface area contributed by atoms with Gasteiger partial charge in [0.15, 0.2) is 0 Å². The van der Waals surface area contributed by atoms with Crippen LogP contribution < -0.4 is 0 Å². The van der Waals surface area contributed by atoms with Gasteiger partial charge in [0.2, 0.25) is 0 Å². The van der Waals surface area contributed by atoms with E-state index < -0.39 is 0 Å². The van der Waals surface area contributed by atoms with E-state index in [2.05, 4.69) is 37.7 Å². The summed E-state index contributed by atoms with van der Waals surface area (Å²) in [6.45, 7) is 10.3. The van der Waals surface area contributed by atoms with Gasteiger partial charge in [0.25, 0.3) is 0 Å². The lowest BCUT2D eigenvalue weighted by Gasteiger charge is -2.42. The van der Waals surface area contributed by atoms with E-state index in [1.54, 1.807) is 0 Å². The molecule has 2 rings (SSSR count). The van der Waals surface area contributed by atoms with Gasteiger partial charge in [-0.25, -0.2) is 4.79 Å². The van der Waals surface area contributed by atoms with Gasteiger partial charge in [-0.1, -0.05) is 32.8 Å². The molecule has 0 radical (unpaired) electrons. The predicted molar refractivity (Wildman–Crippen MR) is 80.8 cm³/mol. The zero-order valence-corrected chi connectivity index (χ0v) is 13.6. The van der Waals surface area contributed by atoms with Crippen molar-refractivity contribution in [3.05, 3.63) is 10.4 Å². The van der Waals surface area contributed by atoms with Crippen LogP contribution in [-0.4, -0.2) is 36.2 Å². The van der Waals surface area contributed by atoms with Crippen molar-refractivity contribution >= 4 is 6.09 Å². The van der Waals surface area contributed by atoms with Crippen molar-refractivity contribution in [3.8, 4) is 0 Å². The van der Waals surface area contributed by atoms with E-state index in [1.165, 1.54) is 0 Å². The molecule has 1 saturated carbocycles. The second-order valence-electron chi connectivity index (χ2n) is 8.20. The Hall–Kier alpha value is -1.42. The summed E-state index contributed by atoms with van der Waals surface area (Å²) in [6.07, 6.45) is 3.52. The van der Waals surface area contributed by atoms with Gasteiger partial charge in [0.1, 0.15) is 5.60 Å². The van der Waals surface area contributed by atoms with Crippen molar-refractivity contribution in [3.63, 3.8) is 0 Å². The van der Waals surface area contributed by atoms with Crippen LogP contribution in [0.3, 0.4) is 0 Å². The lowest BCUT2D eigenvalue weighted by molar-refractivity contribution is -0.0188. The third-order valence-corrected chi connectivity index (χ3v) is 4.38. The van der Waals surface area contributed by atoms with E-state index >= 15 is 0 Å². The number of ether oxygens (including phenoxy) is 1. The number of hydrogen-bond donors (Lipinski definition) is 0. The van der Waals surface area contributed by atoms with Crippen LogP contribution in [0.5, 0.6) is 0 Å². The molecule has 1 amide bonds. The largest absolute Gasteiger partial charge is 0.441 e. The van der Waals surface area contributed by atoms with Gasteiger partial charge in [-0.15, -0.1) is 0 Å². The molecule has 6 heteroatoms. The molecule has 1 spiro atoms. The van der Waals surface area contributed by atoms with E-state index in [-0.39, 0.29) is 22.5 Å².